The molecule has 0 spiro atoms. The number of anilines is 1. The van der Waals surface area contributed by atoms with Crippen LogP contribution in [0.5, 0.6) is 5.75 Å². The van der Waals surface area contributed by atoms with Crippen molar-refractivity contribution in [3.63, 3.8) is 0 Å². The van der Waals surface area contributed by atoms with Crippen LogP contribution in [0.15, 0.2) is 42.5 Å². The van der Waals surface area contributed by atoms with Crippen molar-refractivity contribution >= 4 is 5.69 Å². The molecule has 0 unspecified atom stereocenters. The lowest BCUT2D eigenvalue weighted by molar-refractivity contribution is 0.340. The van der Waals surface area contributed by atoms with Crippen molar-refractivity contribution < 1.29 is 9.13 Å². The Hall–Kier alpha value is -2.07. The zero-order chi connectivity index (χ0) is 15.9. The van der Waals surface area contributed by atoms with Crippen LogP contribution in [-0.4, -0.2) is 20.7 Å². The van der Waals surface area contributed by atoms with Gasteiger partial charge < -0.3 is 15.0 Å². The van der Waals surface area contributed by atoms with E-state index in [0.717, 1.165) is 29.1 Å². The number of halogens is 1. The average molecular weight is 302 g/mol. The third-order valence-corrected chi connectivity index (χ3v) is 3.38. The van der Waals surface area contributed by atoms with E-state index in [9.17, 15) is 4.39 Å². The summed E-state index contributed by atoms with van der Waals surface area (Å²) in [7, 11) is 4.01. The van der Waals surface area contributed by atoms with Gasteiger partial charge in [0.25, 0.3) is 0 Å². The molecule has 3 nitrogen and oxygen atoms in total. The molecule has 0 aliphatic carbocycles. The maximum absolute atomic E-state index is 12.9. The van der Waals surface area contributed by atoms with Gasteiger partial charge in [-0.2, -0.15) is 0 Å². The second-order valence-electron chi connectivity index (χ2n) is 5.36. The van der Waals surface area contributed by atoms with Crippen LogP contribution in [0, 0.1) is 5.82 Å². The topological polar surface area (TPSA) is 24.5 Å². The predicted molar refractivity (Wildman–Crippen MR) is 88.9 cm³/mol. The summed E-state index contributed by atoms with van der Waals surface area (Å²) < 4.78 is 18.6. The van der Waals surface area contributed by atoms with Crippen molar-refractivity contribution in [3.05, 3.63) is 59.4 Å². The first kappa shape index (κ1) is 16.3. The molecule has 118 valence electrons. The van der Waals surface area contributed by atoms with E-state index in [1.165, 1.54) is 12.1 Å². The Morgan fingerprint density at radius 1 is 1.00 bits per heavy atom. The SMILES string of the molecule is CCOc1cc(CNCc2ccc(F)cc2)ccc1N(C)C. The van der Waals surface area contributed by atoms with E-state index < -0.39 is 0 Å². The Morgan fingerprint density at radius 3 is 2.27 bits per heavy atom. The lowest BCUT2D eigenvalue weighted by Crippen LogP contribution is -2.14. The van der Waals surface area contributed by atoms with Crippen molar-refractivity contribution in [1.29, 1.82) is 0 Å². The Kier molecular flexibility index (Phi) is 5.78. The quantitative estimate of drug-likeness (QED) is 0.846. The number of ether oxygens (including phenoxy) is 1. The number of benzene rings is 2. The molecule has 0 radical (unpaired) electrons. The molecule has 0 aliphatic rings. The first-order valence-corrected chi connectivity index (χ1v) is 7.48. The molecule has 0 fully saturated rings. The van der Waals surface area contributed by atoms with Crippen LogP contribution in [0.3, 0.4) is 0 Å². The van der Waals surface area contributed by atoms with Gasteiger partial charge in [0.2, 0.25) is 0 Å². The summed E-state index contributed by atoms with van der Waals surface area (Å²) in [5, 5.41) is 3.36. The van der Waals surface area contributed by atoms with Crippen molar-refractivity contribution in [2.45, 2.75) is 20.0 Å². The van der Waals surface area contributed by atoms with Gasteiger partial charge in [0.1, 0.15) is 11.6 Å². The van der Waals surface area contributed by atoms with E-state index in [1.807, 2.05) is 25.9 Å². The average Bonchev–Trinajstić information content (AvgIpc) is 2.49. The minimum absolute atomic E-state index is 0.204. The van der Waals surface area contributed by atoms with Crippen molar-refractivity contribution in [1.82, 2.24) is 5.32 Å². The second-order valence-corrected chi connectivity index (χ2v) is 5.36. The molecule has 0 amide bonds. The summed E-state index contributed by atoms with van der Waals surface area (Å²) in [6.07, 6.45) is 0. The fourth-order valence-corrected chi connectivity index (χ4v) is 2.26. The van der Waals surface area contributed by atoms with Crippen LogP contribution in [-0.2, 0) is 13.1 Å². The van der Waals surface area contributed by atoms with Crippen LogP contribution >= 0.6 is 0 Å². The molecule has 0 atom stereocenters. The summed E-state index contributed by atoms with van der Waals surface area (Å²) in [6.45, 7) is 4.08. The molecule has 2 aromatic rings. The van der Waals surface area contributed by atoms with Crippen LogP contribution < -0.4 is 15.0 Å². The monoisotopic (exact) mass is 302 g/mol. The molecule has 0 aliphatic heterocycles. The molecule has 0 saturated carbocycles. The fourth-order valence-electron chi connectivity index (χ4n) is 2.26. The molecule has 4 heteroatoms. The molecule has 1 N–H and O–H groups in total. The molecule has 2 rings (SSSR count). The molecular formula is C18H23FN2O. The molecule has 22 heavy (non-hydrogen) atoms. The van der Waals surface area contributed by atoms with Gasteiger partial charge in [0.15, 0.2) is 0 Å². The third kappa shape index (κ3) is 4.46. The molecule has 2 aromatic carbocycles. The predicted octanol–water partition coefficient (Wildman–Crippen LogP) is 3.58. The van der Waals surface area contributed by atoms with E-state index >= 15 is 0 Å². The standard InChI is InChI=1S/C18H23FN2O/c1-4-22-18-11-15(7-10-17(18)21(2)3)13-20-12-14-5-8-16(19)9-6-14/h5-11,20H,4,12-13H2,1-3H3. The lowest BCUT2D eigenvalue weighted by atomic mass is 10.1. The Labute approximate surface area is 131 Å². The minimum atomic E-state index is -0.204. The smallest absolute Gasteiger partial charge is 0.142 e. The number of nitrogens with zero attached hydrogens (tertiary/aromatic N) is 1. The zero-order valence-electron chi connectivity index (χ0n) is 13.4. The van der Waals surface area contributed by atoms with E-state index in [2.05, 4.69) is 23.5 Å². The van der Waals surface area contributed by atoms with Crippen LogP contribution in [0.2, 0.25) is 0 Å². The van der Waals surface area contributed by atoms with Gasteiger partial charge in [-0.15, -0.1) is 0 Å². The van der Waals surface area contributed by atoms with E-state index in [-0.39, 0.29) is 5.82 Å². The van der Waals surface area contributed by atoms with Crippen molar-refractivity contribution in [2.75, 3.05) is 25.6 Å². The van der Waals surface area contributed by atoms with Gasteiger partial charge in [0, 0.05) is 27.2 Å². The molecule has 0 heterocycles. The zero-order valence-corrected chi connectivity index (χ0v) is 13.4. The second kappa shape index (κ2) is 7.80. The fraction of sp³-hybridized carbons (Fsp3) is 0.333. The van der Waals surface area contributed by atoms with Gasteiger partial charge in [0.05, 0.1) is 12.3 Å². The van der Waals surface area contributed by atoms with Gasteiger partial charge in [-0.25, -0.2) is 4.39 Å². The highest BCUT2D eigenvalue weighted by Crippen LogP contribution is 2.28. The summed E-state index contributed by atoms with van der Waals surface area (Å²) in [5.74, 6) is 0.693. The Morgan fingerprint density at radius 2 is 1.64 bits per heavy atom. The summed E-state index contributed by atoms with van der Waals surface area (Å²) in [4.78, 5) is 2.04. The summed E-state index contributed by atoms with van der Waals surface area (Å²) in [5.41, 5.74) is 3.30. The maximum Gasteiger partial charge on any atom is 0.142 e. The molecule has 0 saturated heterocycles. The lowest BCUT2D eigenvalue weighted by Gasteiger charge is -2.18. The summed E-state index contributed by atoms with van der Waals surface area (Å²) >= 11 is 0. The Bertz CT molecular complexity index is 597. The van der Waals surface area contributed by atoms with E-state index in [4.69, 9.17) is 4.74 Å². The largest absolute Gasteiger partial charge is 0.492 e. The first-order chi connectivity index (χ1) is 10.6. The molecular weight excluding hydrogens is 279 g/mol. The van der Waals surface area contributed by atoms with Crippen molar-refractivity contribution in [3.8, 4) is 5.75 Å². The Balaban J connectivity index is 1.97. The van der Waals surface area contributed by atoms with Crippen LogP contribution in [0.4, 0.5) is 10.1 Å². The van der Waals surface area contributed by atoms with Crippen molar-refractivity contribution in [2.24, 2.45) is 0 Å². The summed E-state index contributed by atoms with van der Waals surface area (Å²) in [6, 6.07) is 12.8. The van der Waals surface area contributed by atoms with E-state index in [1.54, 1.807) is 12.1 Å². The van der Waals surface area contributed by atoms with Crippen LogP contribution in [0.1, 0.15) is 18.1 Å². The first-order valence-electron chi connectivity index (χ1n) is 7.48. The highest BCUT2D eigenvalue weighted by atomic mass is 19.1. The minimum Gasteiger partial charge on any atom is -0.492 e. The van der Waals surface area contributed by atoms with Gasteiger partial charge in [-0.1, -0.05) is 18.2 Å². The van der Waals surface area contributed by atoms with Gasteiger partial charge >= 0.3 is 0 Å². The normalized spacial score (nSPS) is 10.5. The highest BCUT2D eigenvalue weighted by molar-refractivity contribution is 5.58. The van der Waals surface area contributed by atoms with Crippen LogP contribution in [0.25, 0.3) is 0 Å². The van der Waals surface area contributed by atoms with E-state index in [0.29, 0.717) is 13.2 Å². The van der Waals surface area contributed by atoms with Gasteiger partial charge in [-0.05, 0) is 42.3 Å². The number of rotatable bonds is 7. The molecule has 0 aromatic heterocycles. The number of hydrogen-bond donors (Lipinski definition) is 1. The highest BCUT2D eigenvalue weighted by Gasteiger charge is 2.06. The third-order valence-electron chi connectivity index (χ3n) is 3.38. The molecule has 0 bridgehead atoms. The van der Waals surface area contributed by atoms with Gasteiger partial charge in [-0.3, -0.25) is 0 Å². The maximum atomic E-state index is 12.9. The number of hydrogen-bond acceptors (Lipinski definition) is 3. The number of nitrogens with one attached hydrogen (secondary N) is 1.